The number of methoxy groups -OCH3 is 1. The summed E-state index contributed by atoms with van der Waals surface area (Å²) in [5.41, 5.74) is 2.11. The molecule has 2 rings (SSSR count). The van der Waals surface area contributed by atoms with Crippen LogP contribution in [0.15, 0.2) is 18.2 Å². The zero-order valence-corrected chi connectivity index (χ0v) is 15.4. The van der Waals surface area contributed by atoms with Gasteiger partial charge in [-0.15, -0.1) is 0 Å². The Morgan fingerprint density at radius 1 is 1.32 bits per heavy atom. The highest BCUT2D eigenvalue weighted by molar-refractivity contribution is 5.97. The highest BCUT2D eigenvalue weighted by Crippen LogP contribution is 2.23. The molecule has 25 heavy (non-hydrogen) atoms. The van der Waals surface area contributed by atoms with Gasteiger partial charge in [0.25, 0.3) is 5.91 Å². The quantitative estimate of drug-likeness (QED) is 0.771. The van der Waals surface area contributed by atoms with Gasteiger partial charge in [-0.3, -0.25) is 10.1 Å². The lowest BCUT2D eigenvalue weighted by molar-refractivity contribution is 0.0944. The van der Waals surface area contributed by atoms with E-state index in [-0.39, 0.29) is 17.3 Å². The van der Waals surface area contributed by atoms with E-state index in [4.69, 9.17) is 0 Å². The van der Waals surface area contributed by atoms with Crippen LogP contribution in [0, 0.1) is 11.3 Å². The number of ether oxygens (including phenoxy) is 1. The first kappa shape index (κ1) is 18.8. The molecule has 0 bridgehead atoms. The number of fused-ring (bicyclic) bond motifs is 1. The summed E-state index contributed by atoms with van der Waals surface area (Å²) in [6.45, 7) is 9.34. The van der Waals surface area contributed by atoms with E-state index in [9.17, 15) is 9.59 Å². The Labute approximate surface area is 147 Å². The van der Waals surface area contributed by atoms with E-state index >= 15 is 0 Å². The third-order valence-corrected chi connectivity index (χ3v) is 3.72. The van der Waals surface area contributed by atoms with Crippen molar-refractivity contribution >= 4 is 29.0 Å². The lowest BCUT2D eigenvalue weighted by atomic mass is 9.85. The molecule has 7 nitrogen and oxygen atoms in total. The largest absolute Gasteiger partial charge is 0.453 e. The van der Waals surface area contributed by atoms with Gasteiger partial charge in [-0.2, -0.15) is 0 Å². The van der Waals surface area contributed by atoms with Gasteiger partial charge < -0.3 is 15.0 Å². The summed E-state index contributed by atoms with van der Waals surface area (Å²) in [4.78, 5) is 30.7. The molecule has 1 atom stereocenters. The van der Waals surface area contributed by atoms with Gasteiger partial charge in [-0.1, -0.05) is 27.7 Å². The normalized spacial score (nSPS) is 12.7. The van der Waals surface area contributed by atoms with Gasteiger partial charge in [-0.25, -0.2) is 9.78 Å². The summed E-state index contributed by atoms with van der Waals surface area (Å²) in [6, 6.07) is 5.17. The van der Waals surface area contributed by atoms with Crippen LogP contribution in [-0.2, 0) is 4.74 Å². The molecule has 0 aliphatic rings. The second-order valence-electron chi connectivity index (χ2n) is 7.51. The minimum atomic E-state index is -0.607. The molecule has 2 amide bonds. The first-order chi connectivity index (χ1) is 11.7. The van der Waals surface area contributed by atoms with Crippen molar-refractivity contribution in [3.05, 3.63) is 23.8 Å². The number of nitrogens with one attached hydrogen (secondary N) is 3. The van der Waals surface area contributed by atoms with Crippen LogP contribution in [0.25, 0.3) is 11.0 Å². The monoisotopic (exact) mass is 346 g/mol. The predicted octanol–water partition coefficient (Wildman–Crippen LogP) is 3.54. The van der Waals surface area contributed by atoms with Crippen molar-refractivity contribution < 1.29 is 14.3 Å². The number of nitrogens with zero attached hydrogens (tertiary/aromatic N) is 1. The maximum atomic E-state index is 12.4. The number of carbonyl (C=O) groups excluding carboxylic acids is 2. The number of rotatable bonds is 5. The second kappa shape index (κ2) is 7.55. The highest BCUT2D eigenvalue weighted by atomic mass is 16.5. The number of carbonyl (C=O) groups is 2. The van der Waals surface area contributed by atoms with E-state index in [1.807, 2.05) is 0 Å². The highest BCUT2D eigenvalue weighted by Gasteiger charge is 2.16. The van der Waals surface area contributed by atoms with Crippen LogP contribution in [0.3, 0.4) is 0 Å². The van der Waals surface area contributed by atoms with E-state index < -0.39 is 6.09 Å². The number of amides is 2. The standard InChI is InChI=1S/C18H26N4O3/c1-11(9-18(2,3)4)10-19-15(23)12-6-7-13-14(8-12)21-16(20-13)22-17(24)25-5/h6-8,11H,9-10H2,1-5H3,(H,19,23)(H2,20,21,22,24). The molecule has 2 aromatic rings. The third kappa shape index (κ3) is 5.48. The molecule has 0 saturated heterocycles. The van der Waals surface area contributed by atoms with Crippen LogP contribution < -0.4 is 10.6 Å². The van der Waals surface area contributed by atoms with Gasteiger partial charge in [0.1, 0.15) is 0 Å². The zero-order chi connectivity index (χ0) is 18.6. The minimum absolute atomic E-state index is 0.125. The lowest BCUT2D eigenvalue weighted by Gasteiger charge is -2.23. The van der Waals surface area contributed by atoms with Crippen LogP contribution in [-0.4, -0.2) is 35.6 Å². The maximum absolute atomic E-state index is 12.4. The number of hydrogen-bond donors (Lipinski definition) is 3. The molecule has 0 spiro atoms. The average Bonchev–Trinajstić information content (AvgIpc) is 2.91. The summed E-state index contributed by atoms with van der Waals surface area (Å²) >= 11 is 0. The molecule has 7 heteroatoms. The number of anilines is 1. The Kier molecular flexibility index (Phi) is 5.66. The number of H-pyrrole nitrogens is 1. The van der Waals surface area contributed by atoms with Crippen molar-refractivity contribution in [1.29, 1.82) is 0 Å². The molecule has 0 saturated carbocycles. The fraction of sp³-hybridized carbons (Fsp3) is 0.500. The summed E-state index contributed by atoms with van der Waals surface area (Å²) in [7, 11) is 1.28. The molecular weight excluding hydrogens is 320 g/mol. The van der Waals surface area contributed by atoms with Gasteiger partial charge in [0.2, 0.25) is 5.95 Å². The van der Waals surface area contributed by atoms with Crippen LogP contribution in [0.4, 0.5) is 10.7 Å². The molecule has 1 aromatic heterocycles. The second-order valence-corrected chi connectivity index (χ2v) is 7.51. The van der Waals surface area contributed by atoms with Crippen molar-refractivity contribution in [1.82, 2.24) is 15.3 Å². The van der Waals surface area contributed by atoms with E-state index in [1.165, 1.54) is 7.11 Å². The Bertz CT molecular complexity index is 761. The first-order valence-electron chi connectivity index (χ1n) is 8.31. The van der Waals surface area contributed by atoms with E-state index in [0.29, 0.717) is 29.1 Å². The summed E-state index contributed by atoms with van der Waals surface area (Å²) < 4.78 is 4.53. The number of hydrogen-bond acceptors (Lipinski definition) is 4. The van der Waals surface area contributed by atoms with Crippen molar-refractivity contribution in [3.63, 3.8) is 0 Å². The van der Waals surface area contributed by atoms with Crippen molar-refractivity contribution in [2.75, 3.05) is 19.0 Å². The predicted molar refractivity (Wildman–Crippen MR) is 97.7 cm³/mol. The van der Waals surface area contributed by atoms with E-state index in [0.717, 1.165) is 6.42 Å². The van der Waals surface area contributed by atoms with Crippen LogP contribution in [0.5, 0.6) is 0 Å². The number of aromatic nitrogens is 2. The number of imidazole rings is 1. The lowest BCUT2D eigenvalue weighted by Crippen LogP contribution is -2.29. The molecule has 1 heterocycles. The van der Waals surface area contributed by atoms with Gasteiger partial charge in [0.15, 0.2) is 0 Å². The molecule has 0 fully saturated rings. The van der Waals surface area contributed by atoms with Crippen LogP contribution in [0.2, 0.25) is 0 Å². The Morgan fingerprint density at radius 2 is 2.04 bits per heavy atom. The summed E-state index contributed by atoms with van der Waals surface area (Å²) in [5.74, 6) is 0.550. The molecular formula is C18H26N4O3. The van der Waals surface area contributed by atoms with Crippen molar-refractivity contribution in [2.45, 2.75) is 34.1 Å². The molecule has 1 unspecified atom stereocenters. The third-order valence-electron chi connectivity index (χ3n) is 3.72. The van der Waals surface area contributed by atoms with Gasteiger partial charge in [0.05, 0.1) is 18.1 Å². The molecule has 3 N–H and O–H groups in total. The van der Waals surface area contributed by atoms with Gasteiger partial charge >= 0.3 is 6.09 Å². The average molecular weight is 346 g/mol. The van der Waals surface area contributed by atoms with E-state index in [2.05, 4.69) is 53.0 Å². The minimum Gasteiger partial charge on any atom is -0.453 e. The molecule has 0 radical (unpaired) electrons. The van der Waals surface area contributed by atoms with Crippen LogP contribution >= 0.6 is 0 Å². The van der Waals surface area contributed by atoms with Gasteiger partial charge in [0, 0.05) is 12.1 Å². The fourth-order valence-corrected chi connectivity index (χ4v) is 2.84. The Morgan fingerprint density at radius 3 is 2.68 bits per heavy atom. The SMILES string of the molecule is COC(=O)Nc1nc2ccc(C(=O)NCC(C)CC(C)(C)C)cc2[nH]1. The smallest absolute Gasteiger partial charge is 0.413 e. The fourth-order valence-electron chi connectivity index (χ4n) is 2.84. The van der Waals surface area contributed by atoms with Crippen LogP contribution in [0.1, 0.15) is 44.5 Å². The molecule has 0 aliphatic carbocycles. The Balaban J connectivity index is 2.02. The zero-order valence-electron chi connectivity index (χ0n) is 15.4. The van der Waals surface area contributed by atoms with E-state index in [1.54, 1.807) is 18.2 Å². The first-order valence-corrected chi connectivity index (χ1v) is 8.31. The topological polar surface area (TPSA) is 96.1 Å². The Hall–Kier alpha value is -2.57. The number of aromatic amines is 1. The summed E-state index contributed by atoms with van der Waals surface area (Å²) in [6.07, 6.45) is 0.431. The maximum Gasteiger partial charge on any atom is 0.413 e. The van der Waals surface area contributed by atoms with Crippen molar-refractivity contribution in [2.24, 2.45) is 11.3 Å². The molecule has 1 aromatic carbocycles. The number of benzene rings is 1. The van der Waals surface area contributed by atoms with Crippen molar-refractivity contribution in [3.8, 4) is 0 Å². The molecule has 136 valence electrons. The molecule has 0 aliphatic heterocycles. The summed E-state index contributed by atoms with van der Waals surface area (Å²) in [5, 5.41) is 5.43. The van der Waals surface area contributed by atoms with Gasteiger partial charge in [-0.05, 0) is 36.0 Å².